The van der Waals surface area contributed by atoms with E-state index < -0.39 is 0 Å². The number of carbonyl (C=O) groups is 1. The maximum Gasteiger partial charge on any atom is 0.159 e. The molecule has 3 fully saturated rings. The van der Waals surface area contributed by atoms with Crippen molar-refractivity contribution < 1.29 is 15.0 Å². The molecule has 0 aromatic heterocycles. The Bertz CT molecular complexity index is 696. The van der Waals surface area contributed by atoms with Crippen LogP contribution in [0.1, 0.15) is 92.4 Å². The number of ketones is 1. The van der Waals surface area contributed by atoms with E-state index in [1.807, 2.05) is 6.08 Å². The number of hydrogen-bond donors (Lipinski definition) is 2. The van der Waals surface area contributed by atoms with E-state index in [0.29, 0.717) is 30.1 Å². The van der Waals surface area contributed by atoms with E-state index in [1.165, 1.54) is 24.8 Å². The van der Waals surface area contributed by atoms with E-state index in [1.54, 1.807) is 0 Å². The average molecular weight is 417 g/mol. The minimum absolute atomic E-state index is 0.0606. The van der Waals surface area contributed by atoms with Gasteiger partial charge in [-0.15, -0.1) is 0 Å². The van der Waals surface area contributed by atoms with Crippen LogP contribution in [0.2, 0.25) is 0 Å². The highest BCUT2D eigenvalue weighted by molar-refractivity contribution is 5.94. The first kappa shape index (κ1) is 22.5. The summed E-state index contributed by atoms with van der Waals surface area (Å²) in [7, 11) is 0. The summed E-state index contributed by atoms with van der Waals surface area (Å²) in [6.45, 7) is 11.7. The van der Waals surface area contributed by atoms with E-state index in [0.717, 1.165) is 38.0 Å². The lowest BCUT2D eigenvalue weighted by molar-refractivity contribution is -0.135. The largest absolute Gasteiger partial charge is 0.393 e. The van der Waals surface area contributed by atoms with Gasteiger partial charge in [0, 0.05) is 5.92 Å². The zero-order valence-electron chi connectivity index (χ0n) is 19.9. The second kappa shape index (κ2) is 8.03. The van der Waals surface area contributed by atoms with Crippen LogP contribution in [0, 0.1) is 46.3 Å². The number of carbonyl (C=O) groups excluding carboxylic acids is 1. The maximum absolute atomic E-state index is 13.4. The topological polar surface area (TPSA) is 57.5 Å². The molecule has 9 atom stereocenters. The minimum Gasteiger partial charge on any atom is -0.393 e. The molecule has 3 heteroatoms. The molecule has 4 rings (SSSR count). The molecular formula is C27H44O3. The van der Waals surface area contributed by atoms with E-state index in [-0.39, 0.29) is 34.7 Å². The molecule has 170 valence electrons. The summed E-state index contributed by atoms with van der Waals surface area (Å²) in [5.74, 6) is 2.61. The van der Waals surface area contributed by atoms with Gasteiger partial charge >= 0.3 is 0 Å². The molecule has 0 heterocycles. The standard InChI is InChI=1S/C27H44O3/c1-16(2)7-6-8-17(3)25-23(30)15-21-24-20(10-12-27(21,25)5)26(4)11-9-19(28)13-18(26)14-22(24)29/h14,16-17,19-21,23-25,28,30H,6-13,15H2,1-5H3/t17-,19+,20+,21+,23?,24-,25+,26+,27+/m1/s1. The molecule has 0 amide bonds. The third-order valence-electron chi connectivity index (χ3n) is 10.1. The summed E-state index contributed by atoms with van der Waals surface area (Å²) in [5.41, 5.74) is 1.34. The van der Waals surface area contributed by atoms with Crippen LogP contribution in [0.4, 0.5) is 0 Å². The van der Waals surface area contributed by atoms with Crippen molar-refractivity contribution >= 4 is 5.78 Å². The first-order valence-corrected chi connectivity index (χ1v) is 12.7. The molecule has 0 aliphatic heterocycles. The van der Waals surface area contributed by atoms with Crippen molar-refractivity contribution in [3.63, 3.8) is 0 Å². The van der Waals surface area contributed by atoms with Crippen LogP contribution in [0.15, 0.2) is 11.6 Å². The van der Waals surface area contributed by atoms with Gasteiger partial charge in [-0.25, -0.2) is 0 Å². The van der Waals surface area contributed by atoms with Crippen molar-refractivity contribution in [3.05, 3.63) is 11.6 Å². The molecule has 3 nitrogen and oxygen atoms in total. The Morgan fingerprint density at radius 1 is 1.07 bits per heavy atom. The van der Waals surface area contributed by atoms with Gasteiger partial charge in [0.1, 0.15) is 0 Å². The molecule has 4 aliphatic rings. The van der Waals surface area contributed by atoms with Crippen molar-refractivity contribution in [2.75, 3.05) is 0 Å². The van der Waals surface area contributed by atoms with E-state index >= 15 is 0 Å². The van der Waals surface area contributed by atoms with Gasteiger partial charge in [-0.1, -0.05) is 59.5 Å². The molecule has 0 bridgehead atoms. The quantitative estimate of drug-likeness (QED) is 0.619. The van der Waals surface area contributed by atoms with Gasteiger partial charge in [-0.2, -0.15) is 0 Å². The summed E-state index contributed by atoms with van der Waals surface area (Å²) >= 11 is 0. The molecule has 0 spiro atoms. The molecule has 0 saturated heterocycles. The average Bonchev–Trinajstić information content (AvgIpc) is 2.93. The Morgan fingerprint density at radius 3 is 2.50 bits per heavy atom. The van der Waals surface area contributed by atoms with E-state index in [2.05, 4.69) is 34.6 Å². The first-order valence-electron chi connectivity index (χ1n) is 12.7. The van der Waals surface area contributed by atoms with Crippen LogP contribution >= 0.6 is 0 Å². The molecule has 0 aromatic rings. The lowest BCUT2D eigenvalue weighted by atomic mass is 9.46. The molecular weight excluding hydrogens is 372 g/mol. The smallest absolute Gasteiger partial charge is 0.159 e. The van der Waals surface area contributed by atoms with Crippen molar-refractivity contribution in [2.45, 2.75) is 105 Å². The SMILES string of the molecule is CC(C)CCC[C@@H](C)[C@H]1C(O)C[C@H]2[C@@H]3C(=O)C=C4C[C@@H](O)CC[C@]4(C)[C@H]3CC[C@]12C. The Kier molecular flexibility index (Phi) is 6.03. The summed E-state index contributed by atoms with van der Waals surface area (Å²) in [4.78, 5) is 13.4. The number of fused-ring (bicyclic) bond motifs is 5. The van der Waals surface area contributed by atoms with Gasteiger partial charge in [-0.05, 0) is 85.0 Å². The fourth-order valence-electron chi connectivity index (χ4n) is 8.50. The second-order valence-electron chi connectivity index (χ2n) is 12.3. The fraction of sp³-hybridized carbons (Fsp3) is 0.889. The van der Waals surface area contributed by atoms with Crippen molar-refractivity contribution in [3.8, 4) is 0 Å². The number of aliphatic hydroxyl groups is 2. The van der Waals surface area contributed by atoms with E-state index in [4.69, 9.17) is 0 Å². The third kappa shape index (κ3) is 3.52. The van der Waals surface area contributed by atoms with Crippen LogP contribution < -0.4 is 0 Å². The van der Waals surface area contributed by atoms with Crippen LogP contribution in [0.3, 0.4) is 0 Å². The summed E-state index contributed by atoms with van der Waals surface area (Å²) in [6.07, 6.45) is 10.6. The summed E-state index contributed by atoms with van der Waals surface area (Å²) in [5, 5.41) is 21.4. The van der Waals surface area contributed by atoms with Gasteiger partial charge in [0.15, 0.2) is 5.78 Å². The number of aliphatic hydroxyl groups excluding tert-OH is 2. The third-order valence-corrected chi connectivity index (χ3v) is 10.1. The van der Waals surface area contributed by atoms with Gasteiger partial charge in [0.25, 0.3) is 0 Å². The molecule has 0 aromatic carbocycles. The monoisotopic (exact) mass is 416 g/mol. The highest BCUT2D eigenvalue weighted by Crippen LogP contribution is 2.66. The second-order valence-corrected chi connectivity index (χ2v) is 12.3. The van der Waals surface area contributed by atoms with Crippen LogP contribution in [-0.4, -0.2) is 28.2 Å². The molecule has 0 radical (unpaired) electrons. The minimum atomic E-state index is -0.285. The van der Waals surface area contributed by atoms with Gasteiger partial charge in [0.05, 0.1) is 12.2 Å². The zero-order chi connectivity index (χ0) is 21.8. The lowest BCUT2D eigenvalue weighted by Gasteiger charge is -2.57. The van der Waals surface area contributed by atoms with E-state index in [9.17, 15) is 15.0 Å². The summed E-state index contributed by atoms with van der Waals surface area (Å²) < 4.78 is 0. The molecule has 4 aliphatic carbocycles. The van der Waals surface area contributed by atoms with Crippen molar-refractivity contribution in [2.24, 2.45) is 46.3 Å². The van der Waals surface area contributed by atoms with Crippen LogP contribution in [0.5, 0.6) is 0 Å². The number of hydrogen-bond acceptors (Lipinski definition) is 3. The maximum atomic E-state index is 13.4. The lowest BCUT2D eigenvalue weighted by Crippen LogP contribution is -2.53. The van der Waals surface area contributed by atoms with Gasteiger partial charge < -0.3 is 10.2 Å². The summed E-state index contributed by atoms with van der Waals surface area (Å²) in [6, 6.07) is 0. The molecule has 30 heavy (non-hydrogen) atoms. The molecule has 3 saturated carbocycles. The normalized spacial score (nSPS) is 46.8. The van der Waals surface area contributed by atoms with Gasteiger partial charge in [0.2, 0.25) is 0 Å². The molecule has 1 unspecified atom stereocenters. The fourth-order valence-corrected chi connectivity index (χ4v) is 8.50. The predicted octanol–water partition coefficient (Wildman–Crippen LogP) is 5.54. The number of allylic oxidation sites excluding steroid dienone is 1. The van der Waals surface area contributed by atoms with Crippen molar-refractivity contribution in [1.29, 1.82) is 0 Å². The highest BCUT2D eigenvalue weighted by atomic mass is 16.3. The Hall–Kier alpha value is -0.670. The molecule has 2 N–H and O–H groups in total. The Balaban J connectivity index is 1.58. The predicted molar refractivity (Wildman–Crippen MR) is 121 cm³/mol. The van der Waals surface area contributed by atoms with Crippen LogP contribution in [0.25, 0.3) is 0 Å². The Labute approximate surface area is 183 Å². The first-order chi connectivity index (χ1) is 14.1. The van der Waals surface area contributed by atoms with Crippen molar-refractivity contribution in [1.82, 2.24) is 0 Å². The van der Waals surface area contributed by atoms with Crippen LogP contribution in [-0.2, 0) is 4.79 Å². The van der Waals surface area contributed by atoms with Gasteiger partial charge in [-0.3, -0.25) is 4.79 Å². The Morgan fingerprint density at radius 2 is 1.80 bits per heavy atom. The zero-order valence-corrected chi connectivity index (χ0v) is 19.9. The highest BCUT2D eigenvalue weighted by Gasteiger charge is 2.63. The number of rotatable bonds is 5.